The monoisotopic (exact) mass is 484 g/mol. The Labute approximate surface area is 182 Å². The van der Waals surface area contributed by atoms with Crippen LogP contribution in [-0.2, 0) is 9.31 Å². The lowest BCUT2D eigenvalue weighted by molar-refractivity contribution is 0.00578. The smallest absolute Gasteiger partial charge is 0.399 e. The van der Waals surface area contributed by atoms with Gasteiger partial charge in [-0.25, -0.2) is 17.6 Å². The van der Waals surface area contributed by atoms with Crippen molar-refractivity contribution in [2.75, 3.05) is 0 Å². The average molecular weight is 485 g/mol. The minimum atomic E-state index is -0.770. The van der Waals surface area contributed by atoms with Gasteiger partial charge in [0.25, 0.3) is 0 Å². The van der Waals surface area contributed by atoms with Crippen molar-refractivity contribution < 1.29 is 26.9 Å². The number of halogens is 5. The van der Waals surface area contributed by atoms with Crippen LogP contribution in [0.1, 0.15) is 38.8 Å². The van der Waals surface area contributed by atoms with Crippen LogP contribution in [0.25, 0.3) is 12.2 Å². The van der Waals surface area contributed by atoms with Gasteiger partial charge in [-0.05, 0) is 57.4 Å². The van der Waals surface area contributed by atoms with Gasteiger partial charge in [-0.2, -0.15) is 0 Å². The van der Waals surface area contributed by atoms with Crippen molar-refractivity contribution in [1.29, 1.82) is 0 Å². The zero-order chi connectivity index (χ0) is 22.9. The zero-order valence-corrected chi connectivity index (χ0v) is 18.7. The summed E-state index contributed by atoms with van der Waals surface area (Å²) in [5.41, 5.74) is -0.976. The van der Waals surface area contributed by atoms with Gasteiger partial charge in [0.2, 0.25) is 0 Å². The first-order valence-corrected chi connectivity index (χ1v) is 9.86. The number of hydrogen-bond acceptors (Lipinski definition) is 2. The van der Waals surface area contributed by atoms with E-state index in [0.717, 1.165) is 12.2 Å². The van der Waals surface area contributed by atoms with Crippen LogP contribution < -0.4 is 5.46 Å². The number of hydrogen-bond donors (Lipinski definition) is 0. The molecule has 0 spiro atoms. The summed E-state index contributed by atoms with van der Waals surface area (Å²) in [6.45, 7) is 14.2. The van der Waals surface area contributed by atoms with Crippen LogP contribution in [-0.4, -0.2) is 18.3 Å². The van der Waals surface area contributed by atoms with Gasteiger partial charge < -0.3 is 9.31 Å². The molecular weight excluding hydrogens is 463 g/mol. The second-order valence-electron chi connectivity index (χ2n) is 7.68. The molecule has 1 saturated heterocycles. The Morgan fingerprint density at radius 2 is 1.10 bits per heavy atom. The zero-order valence-electron chi connectivity index (χ0n) is 17.2. The Morgan fingerprint density at radius 3 is 1.43 bits per heavy atom. The molecular formula is C22H22BBrF4O2. The molecule has 0 saturated carbocycles. The molecule has 2 aromatic rings. The highest BCUT2D eigenvalue weighted by Crippen LogP contribution is 2.36. The van der Waals surface area contributed by atoms with E-state index in [-0.39, 0.29) is 11.1 Å². The van der Waals surface area contributed by atoms with Crippen LogP contribution in [0.4, 0.5) is 17.6 Å². The van der Waals surface area contributed by atoms with Crippen molar-refractivity contribution in [1.82, 2.24) is 0 Å². The first-order valence-electron chi connectivity index (χ1n) is 9.07. The Balaban J connectivity index is 0.000000248. The summed E-state index contributed by atoms with van der Waals surface area (Å²) in [4.78, 5) is 0. The highest BCUT2D eigenvalue weighted by Gasteiger charge is 2.51. The van der Waals surface area contributed by atoms with E-state index >= 15 is 0 Å². The lowest BCUT2D eigenvalue weighted by atomic mass is 9.78. The van der Waals surface area contributed by atoms with Gasteiger partial charge in [0.05, 0.1) is 11.2 Å². The predicted octanol–water partition coefficient (Wildman–Crippen LogP) is 6.28. The van der Waals surface area contributed by atoms with Gasteiger partial charge in [0.1, 0.15) is 23.3 Å². The highest BCUT2D eigenvalue weighted by atomic mass is 79.9. The molecule has 0 aliphatic carbocycles. The maximum atomic E-state index is 13.7. The molecule has 3 rings (SSSR count). The van der Waals surface area contributed by atoms with Gasteiger partial charge in [0.15, 0.2) is 0 Å². The summed E-state index contributed by atoms with van der Waals surface area (Å²) < 4.78 is 64.9. The number of rotatable bonds is 3. The van der Waals surface area contributed by atoms with Crippen LogP contribution in [0.3, 0.4) is 0 Å². The van der Waals surface area contributed by atoms with Gasteiger partial charge in [-0.3, -0.25) is 0 Å². The van der Waals surface area contributed by atoms with E-state index in [0.29, 0.717) is 9.94 Å². The van der Waals surface area contributed by atoms with E-state index < -0.39 is 41.6 Å². The van der Waals surface area contributed by atoms with Crippen LogP contribution in [0.15, 0.2) is 41.9 Å². The van der Waals surface area contributed by atoms with Crippen molar-refractivity contribution in [2.24, 2.45) is 0 Å². The van der Waals surface area contributed by atoms with Gasteiger partial charge in [-0.15, -0.1) is 0 Å². The molecule has 1 fully saturated rings. The summed E-state index contributed by atoms with van der Waals surface area (Å²) in [7, 11) is -0.770. The van der Waals surface area contributed by atoms with E-state index in [1.165, 1.54) is 24.3 Å². The molecule has 0 bridgehead atoms. The Hall–Kier alpha value is -1.90. The van der Waals surface area contributed by atoms with Crippen LogP contribution in [0, 0.1) is 23.3 Å². The molecule has 0 unspecified atom stereocenters. The molecule has 160 valence electrons. The third kappa shape index (κ3) is 5.05. The Morgan fingerprint density at radius 1 is 0.767 bits per heavy atom. The fourth-order valence-corrected chi connectivity index (χ4v) is 3.06. The first-order chi connectivity index (χ1) is 13.8. The minimum Gasteiger partial charge on any atom is -0.399 e. The van der Waals surface area contributed by atoms with E-state index in [2.05, 4.69) is 29.1 Å². The van der Waals surface area contributed by atoms with Crippen LogP contribution >= 0.6 is 15.9 Å². The molecule has 0 aromatic heterocycles. The maximum Gasteiger partial charge on any atom is 0.495 e. The third-order valence-electron chi connectivity index (χ3n) is 5.08. The van der Waals surface area contributed by atoms with Crippen molar-refractivity contribution in [2.45, 2.75) is 38.9 Å². The minimum absolute atomic E-state index is 0.0896. The second-order valence-corrected chi connectivity index (χ2v) is 8.59. The Kier molecular flexibility index (Phi) is 7.38. The SMILES string of the molecule is C=Cc1c(F)cc(B2OC(C)(C)C(C)(C)O2)cc1F.C=Cc1c(F)cc(Br)cc1F. The van der Waals surface area contributed by atoms with Crippen molar-refractivity contribution in [3.8, 4) is 0 Å². The largest absolute Gasteiger partial charge is 0.495 e. The van der Waals surface area contributed by atoms with Crippen molar-refractivity contribution in [3.05, 3.63) is 76.3 Å². The lowest BCUT2D eigenvalue weighted by Crippen LogP contribution is -2.41. The normalized spacial score (nSPS) is 16.6. The summed E-state index contributed by atoms with van der Waals surface area (Å²) in [5, 5.41) is 0. The molecule has 1 aliphatic rings. The second kappa shape index (κ2) is 9.08. The predicted molar refractivity (Wildman–Crippen MR) is 116 cm³/mol. The molecule has 0 amide bonds. The molecule has 1 heterocycles. The van der Waals surface area contributed by atoms with Crippen molar-refractivity contribution >= 4 is 40.7 Å². The fraction of sp³-hybridized carbons (Fsp3) is 0.273. The van der Waals surface area contributed by atoms with Gasteiger partial charge >= 0.3 is 7.12 Å². The summed E-state index contributed by atoms with van der Waals surface area (Å²) >= 11 is 2.96. The summed E-state index contributed by atoms with van der Waals surface area (Å²) in [5.74, 6) is -2.54. The molecule has 2 nitrogen and oxygen atoms in total. The quantitative estimate of drug-likeness (QED) is 0.377. The van der Waals surface area contributed by atoms with Crippen molar-refractivity contribution in [3.63, 3.8) is 0 Å². The Bertz CT molecular complexity index is 914. The first kappa shape index (κ1) is 24.4. The van der Waals surface area contributed by atoms with E-state index in [1.807, 2.05) is 27.7 Å². The molecule has 0 radical (unpaired) electrons. The van der Waals surface area contributed by atoms with E-state index in [1.54, 1.807) is 0 Å². The molecule has 30 heavy (non-hydrogen) atoms. The van der Waals surface area contributed by atoms with Crippen LogP contribution in [0.5, 0.6) is 0 Å². The lowest BCUT2D eigenvalue weighted by Gasteiger charge is -2.32. The standard InChI is InChI=1S/C14H17BF2O2.C8H5BrF2/c1-6-10-11(16)7-9(8-12(10)17)15-18-13(2,3)14(4,5)19-15;1-2-6-7(10)3-5(9)4-8(6)11/h6-8H,1H2,2-5H3;2-4H,1H2. The highest BCUT2D eigenvalue weighted by molar-refractivity contribution is 9.10. The molecule has 2 aromatic carbocycles. The van der Waals surface area contributed by atoms with E-state index in [9.17, 15) is 17.6 Å². The van der Waals surface area contributed by atoms with Gasteiger partial charge in [-0.1, -0.05) is 41.2 Å². The molecule has 1 aliphatic heterocycles. The fourth-order valence-electron chi connectivity index (χ4n) is 2.66. The topological polar surface area (TPSA) is 18.5 Å². The van der Waals surface area contributed by atoms with Crippen LogP contribution in [0.2, 0.25) is 0 Å². The summed E-state index contributed by atoms with van der Waals surface area (Å²) in [6.07, 6.45) is 2.30. The average Bonchev–Trinajstić information content (AvgIpc) is 2.82. The maximum absolute atomic E-state index is 13.7. The van der Waals surface area contributed by atoms with Gasteiger partial charge in [0, 0.05) is 15.6 Å². The molecule has 8 heteroatoms. The third-order valence-corrected chi connectivity index (χ3v) is 5.54. The molecule has 0 N–H and O–H groups in total. The number of benzene rings is 2. The molecule has 0 atom stereocenters. The summed E-state index contributed by atoms with van der Waals surface area (Å²) in [6, 6.07) is 4.84. The van der Waals surface area contributed by atoms with E-state index in [4.69, 9.17) is 9.31 Å².